The van der Waals surface area contributed by atoms with Gasteiger partial charge in [0.05, 0.1) is 37.0 Å². The number of benzene rings is 2. The number of ether oxygens (including phenoxy) is 2. The summed E-state index contributed by atoms with van der Waals surface area (Å²) in [6, 6.07) is 11.0. The van der Waals surface area contributed by atoms with Gasteiger partial charge < -0.3 is 19.3 Å². The van der Waals surface area contributed by atoms with Crippen molar-refractivity contribution in [3.05, 3.63) is 65.2 Å². The predicted octanol–water partition coefficient (Wildman–Crippen LogP) is 4.18. The Morgan fingerprint density at radius 1 is 1.11 bits per heavy atom. The second-order valence-electron chi connectivity index (χ2n) is 10.00. The molecular weight excluding hydrogens is 482 g/mol. The minimum Gasteiger partial charge on any atom is -0.493 e. The highest BCUT2D eigenvalue weighted by molar-refractivity contribution is 6.23. The maximum atomic E-state index is 13.6. The Hall–Kier alpha value is -3.81. The molecule has 2 aliphatic heterocycles. The molecule has 38 heavy (non-hydrogen) atoms. The molecule has 0 radical (unpaired) electrons. The van der Waals surface area contributed by atoms with Crippen molar-refractivity contribution in [3.63, 3.8) is 0 Å². The summed E-state index contributed by atoms with van der Waals surface area (Å²) in [5.74, 6) is 0.622. The zero-order valence-electron chi connectivity index (χ0n) is 22.8. The quantitative estimate of drug-likeness (QED) is 0.346. The third-order valence-electron chi connectivity index (χ3n) is 7.31. The molecule has 0 spiro atoms. The molecule has 0 saturated carbocycles. The van der Waals surface area contributed by atoms with Gasteiger partial charge in [-0.05, 0) is 62.9 Å². The summed E-state index contributed by atoms with van der Waals surface area (Å²) < 4.78 is 10.7. The molecule has 0 unspecified atom stereocenters. The van der Waals surface area contributed by atoms with Gasteiger partial charge in [-0.2, -0.15) is 0 Å². The van der Waals surface area contributed by atoms with Crippen molar-refractivity contribution in [3.8, 4) is 11.5 Å². The molecule has 3 amide bonds. The lowest BCUT2D eigenvalue weighted by molar-refractivity contribution is -0.135. The number of amides is 3. The highest BCUT2D eigenvalue weighted by Gasteiger charge is 2.39. The molecule has 0 aliphatic carbocycles. The lowest BCUT2D eigenvalue weighted by atomic mass is 9.94. The molecule has 1 atom stereocenters. The number of fused-ring (bicyclic) bond motifs is 1. The van der Waals surface area contributed by atoms with Gasteiger partial charge in [-0.1, -0.05) is 24.3 Å². The average Bonchev–Trinajstić information content (AvgIpc) is 3.18. The van der Waals surface area contributed by atoms with E-state index in [1.54, 1.807) is 20.3 Å². The van der Waals surface area contributed by atoms with E-state index in [9.17, 15) is 14.4 Å². The average molecular weight is 520 g/mol. The summed E-state index contributed by atoms with van der Waals surface area (Å²) in [5, 5.41) is 0. The first kappa shape index (κ1) is 27.2. The topological polar surface area (TPSA) is 79.4 Å². The lowest BCUT2D eigenvalue weighted by Crippen LogP contribution is -2.45. The monoisotopic (exact) mass is 519 g/mol. The summed E-state index contributed by atoms with van der Waals surface area (Å²) in [6.07, 6.45) is 2.15. The fraction of sp³-hybridized carbons (Fsp3) is 0.433. The van der Waals surface area contributed by atoms with Gasteiger partial charge in [0.2, 0.25) is 5.91 Å². The van der Waals surface area contributed by atoms with Crippen LogP contribution in [0.3, 0.4) is 0 Å². The van der Waals surface area contributed by atoms with Crippen LogP contribution in [0.25, 0.3) is 0 Å². The minimum atomic E-state index is -0.285. The number of carbonyl (C=O) groups is 3. The van der Waals surface area contributed by atoms with Crippen molar-refractivity contribution in [2.75, 3.05) is 51.8 Å². The van der Waals surface area contributed by atoms with Crippen molar-refractivity contribution in [1.29, 1.82) is 0 Å². The summed E-state index contributed by atoms with van der Waals surface area (Å²) in [5.41, 5.74) is 3.48. The van der Waals surface area contributed by atoms with Gasteiger partial charge in [0.15, 0.2) is 11.5 Å². The van der Waals surface area contributed by atoms with Gasteiger partial charge in [-0.3, -0.25) is 19.3 Å². The second-order valence-corrected chi connectivity index (χ2v) is 10.00. The van der Waals surface area contributed by atoms with Crippen LogP contribution in [-0.2, 0) is 11.2 Å². The van der Waals surface area contributed by atoms with Crippen LogP contribution >= 0.6 is 0 Å². The number of likely N-dealkylation sites (N-methyl/N-ethyl adjacent to an activating group) is 1. The van der Waals surface area contributed by atoms with E-state index in [1.807, 2.05) is 49.1 Å². The summed E-state index contributed by atoms with van der Waals surface area (Å²) in [6.45, 7) is 10.6. The zero-order chi connectivity index (χ0) is 27.4. The summed E-state index contributed by atoms with van der Waals surface area (Å²) in [4.78, 5) is 45.3. The van der Waals surface area contributed by atoms with Crippen molar-refractivity contribution in [1.82, 2.24) is 9.80 Å². The number of anilines is 1. The van der Waals surface area contributed by atoms with Gasteiger partial charge in [0, 0.05) is 32.7 Å². The minimum absolute atomic E-state index is 0.117. The van der Waals surface area contributed by atoms with E-state index in [2.05, 4.69) is 11.5 Å². The first-order valence-corrected chi connectivity index (χ1v) is 13.2. The van der Waals surface area contributed by atoms with E-state index in [1.165, 1.54) is 4.90 Å². The van der Waals surface area contributed by atoms with Gasteiger partial charge >= 0.3 is 0 Å². The van der Waals surface area contributed by atoms with Crippen LogP contribution in [0, 0.1) is 5.92 Å². The van der Waals surface area contributed by atoms with E-state index in [0.717, 1.165) is 36.2 Å². The van der Waals surface area contributed by atoms with Crippen molar-refractivity contribution < 1.29 is 23.9 Å². The zero-order valence-corrected chi connectivity index (χ0v) is 22.8. The Labute approximate surface area is 224 Å². The fourth-order valence-electron chi connectivity index (χ4n) is 5.39. The molecule has 0 N–H and O–H groups in total. The van der Waals surface area contributed by atoms with Crippen LogP contribution in [0.2, 0.25) is 0 Å². The summed E-state index contributed by atoms with van der Waals surface area (Å²) >= 11 is 0. The van der Waals surface area contributed by atoms with Gasteiger partial charge in [0.25, 0.3) is 11.8 Å². The Kier molecular flexibility index (Phi) is 8.39. The SMILES string of the molecule is C=C(C)CN(CC)C(=O)[C@H]1CCCN(c2cccc3c2C(=O)N(CCc2ccc(OC)c(OC)c2)C3=O)C1. The van der Waals surface area contributed by atoms with Crippen LogP contribution in [0.5, 0.6) is 11.5 Å². The molecule has 1 saturated heterocycles. The first-order chi connectivity index (χ1) is 18.3. The fourth-order valence-corrected chi connectivity index (χ4v) is 5.39. The van der Waals surface area contributed by atoms with Crippen LogP contribution in [0.15, 0.2) is 48.6 Å². The highest BCUT2D eigenvalue weighted by Crippen LogP contribution is 2.35. The number of carbonyl (C=O) groups excluding carboxylic acids is 3. The van der Waals surface area contributed by atoms with E-state index in [0.29, 0.717) is 48.7 Å². The van der Waals surface area contributed by atoms with Crippen molar-refractivity contribution in [2.45, 2.75) is 33.1 Å². The Morgan fingerprint density at radius 3 is 2.55 bits per heavy atom. The smallest absolute Gasteiger partial charge is 0.263 e. The molecule has 2 aliphatic rings. The maximum Gasteiger partial charge on any atom is 0.263 e. The van der Waals surface area contributed by atoms with Crippen LogP contribution < -0.4 is 14.4 Å². The number of imide groups is 1. The number of hydrogen-bond acceptors (Lipinski definition) is 6. The first-order valence-electron chi connectivity index (χ1n) is 13.2. The van der Waals surface area contributed by atoms with Crippen molar-refractivity contribution in [2.24, 2.45) is 5.92 Å². The molecule has 0 aromatic heterocycles. The molecule has 8 heteroatoms. The number of methoxy groups -OCH3 is 2. The van der Waals surface area contributed by atoms with Crippen LogP contribution in [0.1, 0.15) is 53.0 Å². The Balaban J connectivity index is 1.51. The maximum absolute atomic E-state index is 13.6. The predicted molar refractivity (Wildman–Crippen MR) is 147 cm³/mol. The number of piperidine rings is 1. The van der Waals surface area contributed by atoms with Crippen LogP contribution in [0.4, 0.5) is 5.69 Å². The Bertz CT molecular complexity index is 1240. The molecule has 2 aromatic rings. The third-order valence-corrected chi connectivity index (χ3v) is 7.31. The molecule has 2 heterocycles. The highest BCUT2D eigenvalue weighted by atomic mass is 16.5. The largest absolute Gasteiger partial charge is 0.493 e. The molecule has 8 nitrogen and oxygen atoms in total. The van der Waals surface area contributed by atoms with Gasteiger partial charge in [-0.15, -0.1) is 0 Å². The molecule has 2 aromatic carbocycles. The van der Waals surface area contributed by atoms with E-state index >= 15 is 0 Å². The van der Waals surface area contributed by atoms with E-state index in [4.69, 9.17) is 9.47 Å². The van der Waals surface area contributed by atoms with E-state index < -0.39 is 0 Å². The van der Waals surface area contributed by atoms with Gasteiger partial charge in [0.1, 0.15) is 0 Å². The van der Waals surface area contributed by atoms with E-state index in [-0.39, 0.29) is 30.2 Å². The summed E-state index contributed by atoms with van der Waals surface area (Å²) in [7, 11) is 3.16. The number of nitrogens with zero attached hydrogens (tertiary/aromatic N) is 3. The number of rotatable bonds is 10. The van der Waals surface area contributed by atoms with Crippen molar-refractivity contribution >= 4 is 23.4 Å². The van der Waals surface area contributed by atoms with Crippen LogP contribution in [-0.4, -0.2) is 74.5 Å². The normalized spacial score (nSPS) is 16.9. The second kappa shape index (κ2) is 11.7. The van der Waals surface area contributed by atoms with Gasteiger partial charge in [-0.25, -0.2) is 0 Å². The molecule has 202 valence electrons. The molecule has 0 bridgehead atoms. The third kappa shape index (κ3) is 5.39. The lowest BCUT2D eigenvalue weighted by Gasteiger charge is -2.36. The molecule has 1 fully saturated rings. The molecule has 4 rings (SSSR count). The standard InChI is InChI=1S/C30H37N3O5/c1-6-31(18-20(2)3)28(34)22-9-8-15-32(19-22)24-11-7-10-23-27(24)30(36)33(29(23)35)16-14-21-12-13-25(37-4)26(17-21)38-5/h7,10-13,17,22H,2,6,8-9,14-16,18-19H2,1,3-5H3/t22-/m0/s1. The molecular formula is C30H37N3O5. The Morgan fingerprint density at radius 2 is 1.87 bits per heavy atom. The number of hydrogen-bond donors (Lipinski definition) is 0.